The molecular formula is C8H13N3O. The Hall–Kier alpha value is -1.08. The molecule has 66 valence electrons. The number of likely N-dealkylation sites (tertiary alicyclic amines) is 1. The molecule has 1 saturated heterocycles. The van der Waals surface area contributed by atoms with Gasteiger partial charge in [-0.15, -0.1) is 0 Å². The van der Waals surface area contributed by atoms with Crippen molar-refractivity contribution < 1.29 is 4.79 Å². The van der Waals surface area contributed by atoms with Crippen LogP contribution >= 0.6 is 0 Å². The zero-order valence-corrected chi connectivity index (χ0v) is 7.21. The summed E-state index contributed by atoms with van der Waals surface area (Å²) in [6.45, 7) is 4.51. The van der Waals surface area contributed by atoms with Crippen LogP contribution in [-0.4, -0.2) is 37.0 Å². The molecule has 1 aliphatic heterocycles. The van der Waals surface area contributed by atoms with Gasteiger partial charge in [0, 0.05) is 19.6 Å². The molecule has 1 heterocycles. The van der Waals surface area contributed by atoms with E-state index in [-0.39, 0.29) is 11.8 Å². The number of nitrogens with zero attached hydrogens (tertiary/aromatic N) is 2. The van der Waals surface area contributed by atoms with Crippen molar-refractivity contribution in [2.75, 3.05) is 26.2 Å². The Labute approximate surface area is 72.2 Å². The first-order valence-corrected chi connectivity index (χ1v) is 4.15. The second-order valence-electron chi connectivity index (χ2n) is 2.94. The SMILES string of the molecule is CCNC(=O)C1CN(CC#N)C1. The van der Waals surface area contributed by atoms with Gasteiger partial charge in [-0.2, -0.15) is 5.26 Å². The molecule has 0 aromatic heterocycles. The molecule has 0 spiro atoms. The highest BCUT2D eigenvalue weighted by atomic mass is 16.2. The molecule has 0 saturated carbocycles. The second-order valence-corrected chi connectivity index (χ2v) is 2.94. The van der Waals surface area contributed by atoms with Crippen LogP contribution in [0.15, 0.2) is 0 Å². The van der Waals surface area contributed by atoms with Gasteiger partial charge >= 0.3 is 0 Å². The molecule has 12 heavy (non-hydrogen) atoms. The molecule has 1 rings (SSSR count). The third-order valence-corrected chi connectivity index (χ3v) is 1.97. The number of nitrogens with one attached hydrogen (secondary N) is 1. The summed E-state index contributed by atoms with van der Waals surface area (Å²) in [5.41, 5.74) is 0. The Morgan fingerprint density at radius 3 is 2.92 bits per heavy atom. The summed E-state index contributed by atoms with van der Waals surface area (Å²) < 4.78 is 0. The Balaban J connectivity index is 2.17. The molecule has 4 heteroatoms. The molecule has 0 aromatic rings. The van der Waals surface area contributed by atoms with E-state index in [2.05, 4.69) is 11.4 Å². The normalized spacial score (nSPS) is 18.0. The van der Waals surface area contributed by atoms with Crippen LogP contribution < -0.4 is 5.32 Å². The summed E-state index contributed by atoms with van der Waals surface area (Å²) in [6, 6.07) is 2.06. The number of hydrogen-bond acceptors (Lipinski definition) is 3. The van der Waals surface area contributed by atoms with Gasteiger partial charge in [-0.25, -0.2) is 0 Å². The molecule has 4 nitrogen and oxygen atoms in total. The van der Waals surface area contributed by atoms with E-state index in [1.807, 2.05) is 11.8 Å². The number of rotatable bonds is 3. The van der Waals surface area contributed by atoms with Gasteiger partial charge in [0.2, 0.25) is 5.91 Å². The number of hydrogen-bond donors (Lipinski definition) is 1. The van der Waals surface area contributed by atoms with Crippen molar-refractivity contribution >= 4 is 5.91 Å². The average molecular weight is 167 g/mol. The van der Waals surface area contributed by atoms with Crippen molar-refractivity contribution in [3.8, 4) is 6.07 Å². The minimum absolute atomic E-state index is 0.110. The van der Waals surface area contributed by atoms with Gasteiger partial charge < -0.3 is 5.32 Å². The summed E-state index contributed by atoms with van der Waals surface area (Å²) in [4.78, 5) is 13.1. The summed E-state index contributed by atoms with van der Waals surface area (Å²) in [7, 11) is 0. The van der Waals surface area contributed by atoms with Crippen molar-refractivity contribution in [2.24, 2.45) is 5.92 Å². The van der Waals surface area contributed by atoms with Crippen LogP contribution in [0.25, 0.3) is 0 Å². The molecule has 1 N–H and O–H groups in total. The van der Waals surface area contributed by atoms with Gasteiger partial charge in [0.25, 0.3) is 0 Å². The maximum Gasteiger partial charge on any atom is 0.225 e. The Kier molecular flexibility index (Phi) is 3.06. The Morgan fingerprint density at radius 1 is 1.75 bits per heavy atom. The first-order chi connectivity index (χ1) is 5.77. The fourth-order valence-corrected chi connectivity index (χ4v) is 1.28. The highest BCUT2D eigenvalue weighted by molar-refractivity contribution is 5.79. The van der Waals surface area contributed by atoms with Gasteiger partial charge in [0.05, 0.1) is 18.5 Å². The standard InChI is InChI=1S/C8H13N3O/c1-2-10-8(12)7-5-11(6-7)4-3-9/h7H,2,4-6H2,1H3,(H,10,12). The lowest BCUT2D eigenvalue weighted by Gasteiger charge is -2.36. The van der Waals surface area contributed by atoms with Gasteiger partial charge in [-0.3, -0.25) is 9.69 Å². The predicted octanol–water partition coefficient (Wildman–Crippen LogP) is -0.422. The van der Waals surface area contributed by atoms with E-state index in [4.69, 9.17) is 5.26 Å². The maximum atomic E-state index is 11.2. The Morgan fingerprint density at radius 2 is 2.42 bits per heavy atom. The van der Waals surface area contributed by atoms with Crippen LogP contribution in [0.1, 0.15) is 6.92 Å². The third-order valence-electron chi connectivity index (χ3n) is 1.97. The van der Waals surface area contributed by atoms with Crippen LogP contribution in [0, 0.1) is 17.2 Å². The topological polar surface area (TPSA) is 56.1 Å². The minimum Gasteiger partial charge on any atom is -0.356 e. The number of carbonyl (C=O) groups is 1. The highest BCUT2D eigenvalue weighted by Gasteiger charge is 2.31. The molecule has 0 aromatic carbocycles. The molecule has 0 unspecified atom stereocenters. The van der Waals surface area contributed by atoms with Crippen LogP contribution in [0.3, 0.4) is 0 Å². The summed E-state index contributed by atoms with van der Waals surface area (Å²) in [6.07, 6.45) is 0. The zero-order chi connectivity index (χ0) is 8.97. The third kappa shape index (κ3) is 1.95. The van der Waals surface area contributed by atoms with Crippen molar-refractivity contribution in [1.82, 2.24) is 10.2 Å². The minimum atomic E-state index is 0.110. The van der Waals surface area contributed by atoms with Crippen molar-refractivity contribution in [3.63, 3.8) is 0 Å². The van der Waals surface area contributed by atoms with E-state index in [0.717, 1.165) is 13.1 Å². The fraction of sp³-hybridized carbons (Fsp3) is 0.750. The molecule has 1 aliphatic rings. The number of amides is 1. The predicted molar refractivity (Wildman–Crippen MR) is 44.2 cm³/mol. The molecule has 1 fully saturated rings. The van der Waals surface area contributed by atoms with Crippen LogP contribution in [0.5, 0.6) is 0 Å². The van der Waals surface area contributed by atoms with Crippen molar-refractivity contribution in [3.05, 3.63) is 0 Å². The van der Waals surface area contributed by atoms with Gasteiger partial charge in [0.1, 0.15) is 0 Å². The monoisotopic (exact) mass is 167 g/mol. The lowest BCUT2D eigenvalue weighted by molar-refractivity contribution is -0.129. The molecule has 1 amide bonds. The van der Waals surface area contributed by atoms with E-state index in [9.17, 15) is 4.79 Å². The maximum absolute atomic E-state index is 11.2. The zero-order valence-electron chi connectivity index (χ0n) is 7.21. The van der Waals surface area contributed by atoms with Crippen molar-refractivity contribution in [1.29, 1.82) is 5.26 Å². The summed E-state index contributed by atoms with van der Waals surface area (Å²) in [5.74, 6) is 0.227. The van der Waals surface area contributed by atoms with E-state index in [1.54, 1.807) is 0 Å². The number of carbonyl (C=O) groups excluding carboxylic acids is 1. The highest BCUT2D eigenvalue weighted by Crippen LogP contribution is 2.13. The van der Waals surface area contributed by atoms with Crippen LogP contribution in [-0.2, 0) is 4.79 Å². The first kappa shape index (κ1) is 9.01. The van der Waals surface area contributed by atoms with E-state index < -0.39 is 0 Å². The largest absolute Gasteiger partial charge is 0.356 e. The quantitative estimate of drug-likeness (QED) is 0.581. The van der Waals surface area contributed by atoms with Gasteiger partial charge in [-0.05, 0) is 6.92 Å². The van der Waals surface area contributed by atoms with E-state index >= 15 is 0 Å². The summed E-state index contributed by atoms with van der Waals surface area (Å²) in [5, 5.41) is 11.1. The Bertz CT molecular complexity index is 203. The average Bonchev–Trinajstić information content (AvgIpc) is 1.96. The van der Waals surface area contributed by atoms with Crippen LogP contribution in [0.4, 0.5) is 0 Å². The van der Waals surface area contributed by atoms with Gasteiger partial charge in [-0.1, -0.05) is 0 Å². The van der Waals surface area contributed by atoms with E-state index in [0.29, 0.717) is 13.1 Å². The smallest absolute Gasteiger partial charge is 0.225 e. The first-order valence-electron chi connectivity index (χ1n) is 4.15. The molecule has 0 radical (unpaired) electrons. The van der Waals surface area contributed by atoms with Crippen LogP contribution in [0.2, 0.25) is 0 Å². The number of nitriles is 1. The van der Waals surface area contributed by atoms with E-state index in [1.165, 1.54) is 0 Å². The molecular weight excluding hydrogens is 154 g/mol. The molecule has 0 atom stereocenters. The lowest BCUT2D eigenvalue weighted by atomic mass is 9.99. The summed E-state index contributed by atoms with van der Waals surface area (Å²) >= 11 is 0. The van der Waals surface area contributed by atoms with Crippen molar-refractivity contribution in [2.45, 2.75) is 6.92 Å². The fourth-order valence-electron chi connectivity index (χ4n) is 1.28. The lowest BCUT2D eigenvalue weighted by Crippen LogP contribution is -2.53. The van der Waals surface area contributed by atoms with Gasteiger partial charge in [0.15, 0.2) is 0 Å². The molecule has 0 bridgehead atoms. The molecule has 0 aliphatic carbocycles. The second kappa shape index (κ2) is 4.07.